The molecule has 26 heavy (non-hydrogen) atoms. The lowest BCUT2D eigenvalue weighted by Gasteiger charge is -2.04. The molecule has 4 aromatic rings. The molecule has 0 aliphatic carbocycles. The number of nitrogens with two attached hydrogens (primary N) is 1. The summed E-state index contributed by atoms with van der Waals surface area (Å²) in [7, 11) is 0. The van der Waals surface area contributed by atoms with Crippen LogP contribution in [0.3, 0.4) is 0 Å². The van der Waals surface area contributed by atoms with Crippen molar-refractivity contribution in [3.8, 4) is 28.7 Å². The summed E-state index contributed by atoms with van der Waals surface area (Å²) >= 11 is 0. The Morgan fingerprint density at radius 3 is 2.69 bits per heavy atom. The Kier molecular flexibility index (Phi) is 3.96. The van der Waals surface area contributed by atoms with Crippen LogP contribution in [0.1, 0.15) is 18.1 Å². The van der Waals surface area contributed by atoms with Crippen molar-refractivity contribution in [1.82, 2.24) is 25.1 Å². The maximum absolute atomic E-state index is 6.24. The number of hydrogen-bond donors (Lipinski definition) is 1. The third-order valence-corrected chi connectivity index (χ3v) is 4.21. The third-order valence-electron chi connectivity index (χ3n) is 4.21. The summed E-state index contributed by atoms with van der Waals surface area (Å²) in [6.07, 6.45) is 0.929. The van der Waals surface area contributed by atoms with Crippen molar-refractivity contribution >= 4 is 5.82 Å². The summed E-state index contributed by atoms with van der Waals surface area (Å²) in [6.45, 7) is 4.12. The first kappa shape index (κ1) is 16.0. The summed E-state index contributed by atoms with van der Waals surface area (Å²) in [4.78, 5) is 4.41. The molecule has 0 aliphatic heterocycles. The highest BCUT2D eigenvalue weighted by Crippen LogP contribution is 2.26. The van der Waals surface area contributed by atoms with Crippen LogP contribution in [-0.2, 0) is 6.42 Å². The second-order valence-electron chi connectivity index (χ2n) is 6.05. The van der Waals surface area contributed by atoms with Gasteiger partial charge in [0, 0.05) is 5.56 Å². The summed E-state index contributed by atoms with van der Waals surface area (Å²) in [6, 6.07) is 15.9. The minimum atomic E-state index is 0.246. The van der Waals surface area contributed by atoms with E-state index in [0.717, 1.165) is 17.7 Å². The number of aryl methyl sites for hydroxylation is 2. The molecule has 2 N–H and O–H groups in total. The van der Waals surface area contributed by atoms with Gasteiger partial charge in [-0.05, 0) is 31.0 Å². The highest BCUT2D eigenvalue weighted by molar-refractivity contribution is 5.66. The van der Waals surface area contributed by atoms with Gasteiger partial charge < -0.3 is 10.3 Å². The van der Waals surface area contributed by atoms with Crippen molar-refractivity contribution in [1.29, 1.82) is 0 Å². The van der Waals surface area contributed by atoms with Crippen LogP contribution < -0.4 is 5.73 Å². The molecule has 2 heterocycles. The lowest BCUT2D eigenvalue weighted by molar-refractivity contribution is 0.431. The van der Waals surface area contributed by atoms with Crippen molar-refractivity contribution in [2.24, 2.45) is 0 Å². The van der Waals surface area contributed by atoms with Gasteiger partial charge in [-0.3, -0.25) is 0 Å². The predicted octanol–water partition coefficient (Wildman–Crippen LogP) is 3.44. The summed E-state index contributed by atoms with van der Waals surface area (Å²) in [5.41, 5.74) is 10.7. The van der Waals surface area contributed by atoms with E-state index in [9.17, 15) is 0 Å². The number of rotatable bonds is 4. The molecule has 7 heteroatoms. The highest BCUT2D eigenvalue weighted by atomic mass is 16.5. The van der Waals surface area contributed by atoms with Gasteiger partial charge in [0.1, 0.15) is 0 Å². The molecule has 0 aliphatic rings. The lowest BCUT2D eigenvalue weighted by Crippen LogP contribution is -2.02. The van der Waals surface area contributed by atoms with Gasteiger partial charge in [0.2, 0.25) is 5.82 Å². The van der Waals surface area contributed by atoms with E-state index < -0.39 is 0 Å². The van der Waals surface area contributed by atoms with Gasteiger partial charge in [-0.25, -0.2) is 0 Å². The molecule has 0 radical (unpaired) electrons. The predicted molar refractivity (Wildman–Crippen MR) is 98.6 cm³/mol. The quantitative estimate of drug-likeness (QED) is 0.608. The van der Waals surface area contributed by atoms with E-state index in [1.165, 1.54) is 11.1 Å². The Morgan fingerprint density at radius 2 is 1.92 bits per heavy atom. The number of nitrogens with zero attached hydrogens (tertiary/aromatic N) is 5. The summed E-state index contributed by atoms with van der Waals surface area (Å²) < 4.78 is 6.93. The van der Waals surface area contributed by atoms with Gasteiger partial charge in [-0.15, -0.1) is 5.10 Å². The van der Waals surface area contributed by atoms with Crippen molar-refractivity contribution in [2.75, 3.05) is 5.73 Å². The van der Waals surface area contributed by atoms with Crippen LogP contribution in [0.5, 0.6) is 0 Å². The second-order valence-corrected chi connectivity index (χ2v) is 6.05. The van der Waals surface area contributed by atoms with Gasteiger partial charge in [-0.1, -0.05) is 59.3 Å². The first-order valence-corrected chi connectivity index (χ1v) is 8.37. The molecule has 7 nitrogen and oxygen atoms in total. The van der Waals surface area contributed by atoms with E-state index in [1.54, 1.807) is 4.68 Å². The van der Waals surface area contributed by atoms with Crippen LogP contribution in [0.15, 0.2) is 53.1 Å². The topological polar surface area (TPSA) is 95.6 Å². The van der Waals surface area contributed by atoms with Crippen LogP contribution in [0.2, 0.25) is 0 Å². The average Bonchev–Trinajstić information content (AvgIpc) is 3.29. The van der Waals surface area contributed by atoms with Crippen molar-refractivity contribution < 1.29 is 4.52 Å². The Labute approximate surface area is 150 Å². The Hall–Kier alpha value is -3.48. The van der Waals surface area contributed by atoms with E-state index in [0.29, 0.717) is 17.3 Å². The molecule has 2 aromatic heterocycles. The minimum Gasteiger partial charge on any atom is -0.382 e. The molecule has 0 unspecified atom stereocenters. The maximum atomic E-state index is 6.24. The molecule has 4 rings (SSSR count). The van der Waals surface area contributed by atoms with E-state index in [2.05, 4.69) is 33.4 Å². The highest BCUT2D eigenvalue weighted by Gasteiger charge is 2.19. The molecule has 0 saturated carbocycles. The standard InChI is InChI=1S/C19H18N6O/c1-3-13-5-4-6-15(11-13)25-17(20)16(22-24-25)19-21-18(23-26-19)14-9-7-12(2)8-10-14/h4-11H,3,20H2,1-2H3. The Bertz CT molecular complexity index is 1050. The zero-order chi connectivity index (χ0) is 18.1. The van der Waals surface area contributed by atoms with Crippen LogP contribution in [0, 0.1) is 6.92 Å². The van der Waals surface area contributed by atoms with Crippen LogP contribution >= 0.6 is 0 Å². The average molecular weight is 346 g/mol. The lowest BCUT2D eigenvalue weighted by atomic mass is 10.1. The fourth-order valence-corrected chi connectivity index (χ4v) is 2.68. The molecule has 2 aromatic carbocycles. The van der Waals surface area contributed by atoms with E-state index in [4.69, 9.17) is 10.3 Å². The first-order chi connectivity index (χ1) is 12.7. The van der Waals surface area contributed by atoms with Gasteiger partial charge in [0.05, 0.1) is 5.69 Å². The number of anilines is 1. The van der Waals surface area contributed by atoms with Crippen molar-refractivity contribution in [3.05, 3.63) is 59.7 Å². The van der Waals surface area contributed by atoms with Crippen LogP contribution in [0.25, 0.3) is 28.7 Å². The number of nitrogen functional groups attached to an aromatic ring is 1. The Morgan fingerprint density at radius 1 is 1.12 bits per heavy atom. The van der Waals surface area contributed by atoms with E-state index in [-0.39, 0.29) is 5.89 Å². The largest absolute Gasteiger partial charge is 0.382 e. The third kappa shape index (κ3) is 2.83. The molecule has 130 valence electrons. The normalized spacial score (nSPS) is 11.0. The fourth-order valence-electron chi connectivity index (χ4n) is 2.68. The molecule has 0 atom stereocenters. The maximum Gasteiger partial charge on any atom is 0.282 e. The fraction of sp³-hybridized carbons (Fsp3) is 0.158. The first-order valence-electron chi connectivity index (χ1n) is 8.37. The van der Waals surface area contributed by atoms with Crippen LogP contribution in [0.4, 0.5) is 5.82 Å². The molecular weight excluding hydrogens is 328 g/mol. The monoisotopic (exact) mass is 346 g/mol. The number of aromatic nitrogens is 5. The second kappa shape index (κ2) is 6.44. The van der Waals surface area contributed by atoms with E-state index in [1.807, 2.05) is 49.4 Å². The van der Waals surface area contributed by atoms with Gasteiger partial charge >= 0.3 is 0 Å². The molecule has 0 spiro atoms. The zero-order valence-electron chi connectivity index (χ0n) is 14.5. The number of benzene rings is 2. The smallest absolute Gasteiger partial charge is 0.282 e. The molecule has 0 bridgehead atoms. The summed E-state index contributed by atoms with van der Waals surface area (Å²) in [5, 5.41) is 12.3. The van der Waals surface area contributed by atoms with Crippen molar-refractivity contribution in [3.63, 3.8) is 0 Å². The Balaban J connectivity index is 1.69. The van der Waals surface area contributed by atoms with E-state index >= 15 is 0 Å². The minimum absolute atomic E-state index is 0.246. The van der Waals surface area contributed by atoms with Crippen LogP contribution in [-0.4, -0.2) is 25.1 Å². The SMILES string of the molecule is CCc1cccc(-n2nnc(-c3nc(-c4ccc(C)cc4)no3)c2N)c1. The number of hydrogen-bond acceptors (Lipinski definition) is 6. The zero-order valence-corrected chi connectivity index (χ0v) is 14.5. The van der Waals surface area contributed by atoms with Gasteiger partial charge in [0.15, 0.2) is 11.5 Å². The van der Waals surface area contributed by atoms with Gasteiger partial charge in [-0.2, -0.15) is 9.67 Å². The molecular formula is C19H18N6O. The molecule has 0 amide bonds. The molecule has 0 fully saturated rings. The van der Waals surface area contributed by atoms with Gasteiger partial charge in [0.25, 0.3) is 5.89 Å². The molecule has 0 saturated heterocycles. The summed E-state index contributed by atoms with van der Waals surface area (Å²) in [5.74, 6) is 1.09. The van der Waals surface area contributed by atoms with Crippen molar-refractivity contribution in [2.45, 2.75) is 20.3 Å².